The predicted molar refractivity (Wildman–Crippen MR) is 73.0 cm³/mol. The number of carbonyl (C=O) groups excluding carboxylic acids is 1. The predicted octanol–water partition coefficient (Wildman–Crippen LogP) is 3.66. The normalized spacial score (nSPS) is 12.2. The van der Waals surface area contributed by atoms with E-state index in [1.165, 1.54) is 13.8 Å². The van der Waals surface area contributed by atoms with Gasteiger partial charge < -0.3 is 14.6 Å². The van der Waals surface area contributed by atoms with Crippen LogP contribution in [0, 0.1) is 0 Å². The van der Waals surface area contributed by atoms with Crippen molar-refractivity contribution in [2.45, 2.75) is 31.5 Å². The van der Waals surface area contributed by atoms with Crippen molar-refractivity contribution in [2.75, 3.05) is 7.11 Å². The number of methoxy groups -OCH3 is 1. The summed E-state index contributed by atoms with van der Waals surface area (Å²) in [7, 11) is 0.746. The third-order valence-corrected chi connectivity index (χ3v) is 2.82. The molecule has 0 atom stereocenters. The first kappa shape index (κ1) is 20.9. The highest BCUT2D eigenvalue weighted by atomic mass is 35.5. The van der Waals surface area contributed by atoms with Gasteiger partial charge in [-0.2, -0.15) is 22.0 Å². The number of aromatic nitrogens is 1. The Labute approximate surface area is 142 Å². The minimum Gasteiger partial charge on any atom is -0.489 e. The summed E-state index contributed by atoms with van der Waals surface area (Å²) < 4.78 is 75.6. The second-order valence-corrected chi connectivity index (χ2v) is 5.32. The van der Waals surface area contributed by atoms with Gasteiger partial charge in [0.1, 0.15) is 16.8 Å². The van der Waals surface area contributed by atoms with Crippen molar-refractivity contribution in [3.63, 3.8) is 0 Å². The number of pyridine rings is 1. The van der Waals surface area contributed by atoms with Crippen LogP contribution in [0.3, 0.4) is 0 Å². The molecule has 0 aliphatic carbocycles. The summed E-state index contributed by atoms with van der Waals surface area (Å²) in [5.74, 6) is -5.04. The van der Waals surface area contributed by atoms with Gasteiger partial charge in [-0.3, -0.25) is 0 Å². The topological polar surface area (TPSA) is 85.7 Å². The summed E-state index contributed by atoms with van der Waals surface area (Å²) in [6, 6.07) is 0. The number of halogens is 6. The minimum absolute atomic E-state index is 0.746. The van der Waals surface area contributed by atoms with Crippen LogP contribution in [0.25, 0.3) is 0 Å². The average Bonchev–Trinajstić information content (AvgIpc) is 2.42. The highest BCUT2D eigenvalue weighted by molar-refractivity contribution is 6.22. The van der Waals surface area contributed by atoms with Crippen molar-refractivity contribution in [3.05, 3.63) is 22.5 Å². The van der Waals surface area contributed by atoms with Crippen LogP contribution >= 0.6 is 11.6 Å². The van der Waals surface area contributed by atoms with E-state index in [-0.39, 0.29) is 0 Å². The molecule has 0 unspecified atom stereocenters. The largest absolute Gasteiger partial charge is 0.489 e. The van der Waals surface area contributed by atoms with E-state index in [9.17, 15) is 31.5 Å². The van der Waals surface area contributed by atoms with Crippen molar-refractivity contribution in [3.8, 4) is 5.75 Å². The van der Waals surface area contributed by atoms with Gasteiger partial charge in [0, 0.05) is 0 Å². The molecule has 0 amide bonds. The molecule has 0 spiro atoms. The van der Waals surface area contributed by atoms with Crippen molar-refractivity contribution in [1.29, 1.82) is 0 Å². The number of esters is 1. The summed E-state index contributed by atoms with van der Waals surface area (Å²) in [5.41, 5.74) is -6.92. The Morgan fingerprint density at radius 3 is 1.96 bits per heavy atom. The number of carbonyl (C=O) groups is 2. The first-order chi connectivity index (χ1) is 11.2. The van der Waals surface area contributed by atoms with Gasteiger partial charge in [-0.1, -0.05) is 0 Å². The average molecular weight is 392 g/mol. The Kier molecular flexibility index (Phi) is 5.83. The second-order valence-electron chi connectivity index (χ2n) is 4.85. The van der Waals surface area contributed by atoms with Crippen molar-refractivity contribution >= 4 is 23.5 Å². The highest BCUT2D eigenvalue weighted by Gasteiger charge is 2.47. The van der Waals surface area contributed by atoms with Crippen LogP contribution in [0.2, 0.25) is 0 Å². The fourth-order valence-corrected chi connectivity index (χ4v) is 1.95. The number of nitrogens with zero attached hydrogens (tertiary/aromatic N) is 1. The summed E-state index contributed by atoms with van der Waals surface area (Å²) in [4.78, 5) is 25.7. The molecule has 0 aliphatic rings. The van der Waals surface area contributed by atoms with Gasteiger partial charge in [0.2, 0.25) is 0 Å². The molecule has 0 bridgehead atoms. The molecule has 1 rings (SSSR count). The zero-order valence-corrected chi connectivity index (χ0v) is 13.6. The lowest BCUT2D eigenvalue weighted by Gasteiger charge is -2.22. The van der Waals surface area contributed by atoms with E-state index in [1.807, 2.05) is 0 Å². The maximum absolute atomic E-state index is 13.6. The van der Waals surface area contributed by atoms with Crippen LogP contribution in [0.1, 0.15) is 46.0 Å². The van der Waals surface area contributed by atoms with E-state index < -0.39 is 57.9 Å². The van der Waals surface area contributed by atoms with Gasteiger partial charge in [0.15, 0.2) is 11.4 Å². The van der Waals surface area contributed by atoms with Gasteiger partial charge in [-0.15, -0.1) is 0 Å². The van der Waals surface area contributed by atoms with E-state index in [2.05, 4.69) is 9.72 Å². The maximum atomic E-state index is 13.6. The molecule has 1 aromatic rings. The SMILES string of the molecule is COC(=O)c1c(C(F)(F)Cl)nc(C(F)(F)F)c(C(=O)O)c1OC(C)C. The monoisotopic (exact) mass is 391 g/mol. The summed E-state index contributed by atoms with van der Waals surface area (Å²) in [6.07, 6.45) is -6.41. The Hall–Kier alpha value is -2.17. The maximum Gasteiger partial charge on any atom is 0.434 e. The Bertz CT molecular complexity index is 700. The van der Waals surface area contributed by atoms with Crippen LogP contribution in [-0.4, -0.2) is 35.2 Å². The Morgan fingerprint density at radius 1 is 1.12 bits per heavy atom. The standard InChI is InChI=1S/C13H11ClF5NO5/c1-4(2)25-7-5(10(21)22)9(13(17,18)19)20-8(12(14,15)16)6(7)11(23)24-3/h4H,1-3H3,(H,21,22). The Morgan fingerprint density at radius 2 is 1.64 bits per heavy atom. The van der Waals surface area contributed by atoms with Gasteiger partial charge in [-0.25, -0.2) is 14.6 Å². The number of hydrogen-bond donors (Lipinski definition) is 1. The summed E-state index contributed by atoms with van der Waals surface area (Å²) in [5, 5.41) is 4.57. The van der Waals surface area contributed by atoms with Crippen LogP contribution in [0.15, 0.2) is 0 Å². The summed E-state index contributed by atoms with van der Waals surface area (Å²) in [6.45, 7) is 2.55. The number of rotatable bonds is 5. The second kappa shape index (κ2) is 6.98. The molecule has 140 valence electrons. The highest BCUT2D eigenvalue weighted by Crippen LogP contribution is 2.43. The lowest BCUT2D eigenvalue weighted by Crippen LogP contribution is -2.26. The van der Waals surface area contributed by atoms with Crippen LogP contribution in [0.4, 0.5) is 22.0 Å². The number of carboxylic acids is 1. The molecule has 0 aliphatic heterocycles. The zero-order chi connectivity index (χ0) is 19.7. The van der Waals surface area contributed by atoms with Crippen LogP contribution < -0.4 is 4.74 Å². The molecule has 1 aromatic heterocycles. The zero-order valence-electron chi connectivity index (χ0n) is 12.9. The molecule has 25 heavy (non-hydrogen) atoms. The first-order valence-electron chi connectivity index (χ1n) is 6.42. The minimum atomic E-state index is -5.44. The fourth-order valence-electron chi connectivity index (χ4n) is 1.82. The van der Waals surface area contributed by atoms with E-state index in [0.717, 1.165) is 7.11 Å². The fraction of sp³-hybridized carbons (Fsp3) is 0.462. The third-order valence-electron chi connectivity index (χ3n) is 2.65. The number of aromatic carboxylic acids is 1. The number of hydrogen-bond acceptors (Lipinski definition) is 5. The van der Waals surface area contributed by atoms with Crippen molar-refractivity contribution in [1.82, 2.24) is 4.98 Å². The molecular formula is C13H11ClF5NO5. The Balaban J connectivity index is 4.12. The molecule has 1 heterocycles. The van der Waals surface area contributed by atoms with Crippen molar-refractivity contribution in [2.24, 2.45) is 0 Å². The smallest absolute Gasteiger partial charge is 0.434 e. The molecule has 0 fully saturated rings. The molecule has 0 radical (unpaired) electrons. The molecule has 1 N–H and O–H groups in total. The van der Waals surface area contributed by atoms with Gasteiger partial charge >= 0.3 is 23.5 Å². The molecule has 6 nitrogen and oxygen atoms in total. The van der Waals surface area contributed by atoms with Crippen LogP contribution in [-0.2, 0) is 16.3 Å². The molecule has 12 heteroatoms. The van der Waals surface area contributed by atoms with Gasteiger partial charge in [0.05, 0.1) is 13.2 Å². The lowest BCUT2D eigenvalue weighted by atomic mass is 10.0. The van der Waals surface area contributed by atoms with Crippen molar-refractivity contribution < 1.29 is 46.1 Å². The molecule has 0 saturated heterocycles. The van der Waals surface area contributed by atoms with Gasteiger partial charge in [-0.05, 0) is 25.4 Å². The van der Waals surface area contributed by atoms with Crippen LogP contribution in [0.5, 0.6) is 5.75 Å². The van der Waals surface area contributed by atoms with E-state index in [0.29, 0.717) is 0 Å². The van der Waals surface area contributed by atoms with Gasteiger partial charge in [0.25, 0.3) is 0 Å². The molecule has 0 aromatic carbocycles. The van der Waals surface area contributed by atoms with E-state index >= 15 is 0 Å². The third kappa shape index (κ3) is 4.47. The first-order valence-corrected chi connectivity index (χ1v) is 6.80. The van der Waals surface area contributed by atoms with E-state index in [4.69, 9.17) is 21.4 Å². The molecular weight excluding hydrogens is 381 g/mol. The quantitative estimate of drug-likeness (QED) is 0.468. The summed E-state index contributed by atoms with van der Waals surface area (Å²) >= 11 is 4.75. The van der Waals surface area contributed by atoms with E-state index in [1.54, 1.807) is 0 Å². The number of carboxylic acid groups (broad SMARTS) is 1. The number of alkyl halides is 6. The molecule has 0 saturated carbocycles. The lowest BCUT2D eigenvalue weighted by molar-refractivity contribution is -0.142. The number of ether oxygens (including phenoxy) is 2.